The number of halogens is 1. The maximum Gasteiger partial charge on any atom is 0.358 e. The summed E-state index contributed by atoms with van der Waals surface area (Å²) >= 11 is 0. The molecule has 1 aliphatic carbocycles. The van der Waals surface area contributed by atoms with Gasteiger partial charge in [0.1, 0.15) is 0 Å². The van der Waals surface area contributed by atoms with Crippen LogP contribution in [-0.2, 0) is 10.4 Å². The fourth-order valence-corrected chi connectivity index (χ4v) is 1.14. The van der Waals surface area contributed by atoms with Gasteiger partial charge in [0.2, 0.25) is 0 Å². The Hall–Kier alpha value is -1.39. The third kappa shape index (κ3) is 1.30. The van der Waals surface area contributed by atoms with Gasteiger partial charge in [0.15, 0.2) is 11.4 Å². The summed E-state index contributed by atoms with van der Waals surface area (Å²) in [5, 5.41) is 6.15. The van der Waals surface area contributed by atoms with Crippen molar-refractivity contribution < 1.29 is 13.9 Å². The molecule has 1 aromatic heterocycles. The molecule has 0 aliphatic heterocycles. The van der Waals surface area contributed by atoms with Gasteiger partial charge >= 0.3 is 5.97 Å². The van der Waals surface area contributed by atoms with Crippen molar-refractivity contribution in [3.8, 4) is 0 Å². The molecule has 0 amide bonds. The van der Waals surface area contributed by atoms with E-state index in [-0.39, 0.29) is 5.69 Å². The van der Waals surface area contributed by atoms with Crippen LogP contribution >= 0.6 is 0 Å². The van der Waals surface area contributed by atoms with Gasteiger partial charge in [-0.05, 0) is 18.9 Å². The Morgan fingerprint density at radius 1 is 1.77 bits per heavy atom. The molecule has 1 fully saturated rings. The SMILES string of the molecule is COC(=O)c1cc(C2(F)CC2)[nH]n1. The maximum absolute atomic E-state index is 13.4. The normalized spacial score (nSPS) is 18.3. The van der Waals surface area contributed by atoms with Gasteiger partial charge in [-0.25, -0.2) is 9.18 Å². The molecule has 5 heteroatoms. The zero-order valence-electron chi connectivity index (χ0n) is 7.13. The van der Waals surface area contributed by atoms with Gasteiger partial charge in [-0.3, -0.25) is 5.10 Å². The largest absolute Gasteiger partial charge is 0.464 e. The molecule has 1 saturated carbocycles. The zero-order chi connectivity index (χ0) is 9.47. The molecular formula is C8H9FN2O2. The highest BCUT2D eigenvalue weighted by Crippen LogP contribution is 2.48. The van der Waals surface area contributed by atoms with Gasteiger partial charge in [0.05, 0.1) is 12.8 Å². The fourth-order valence-electron chi connectivity index (χ4n) is 1.14. The molecule has 0 bridgehead atoms. The van der Waals surface area contributed by atoms with Crippen molar-refractivity contribution in [1.82, 2.24) is 10.2 Å². The van der Waals surface area contributed by atoms with Gasteiger partial charge in [0, 0.05) is 0 Å². The van der Waals surface area contributed by atoms with Crippen LogP contribution in [0.15, 0.2) is 6.07 Å². The predicted molar refractivity (Wildman–Crippen MR) is 41.9 cm³/mol. The van der Waals surface area contributed by atoms with Crippen LogP contribution in [0.3, 0.4) is 0 Å². The van der Waals surface area contributed by atoms with E-state index in [1.807, 2.05) is 0 Å². The highest BCUT2D eigenvalue weighted by atomic mass is 19.1. The summed E-state index contributed by atoms with van der Waals surface area (Å²) in [6.07, 6.45) is 0.992. The summed E-state index contributed by atoms with van der Waals surface area (Å²) < 4.78 is 17.8. The zero-order valence-corrected chi connectivity index (χ0v) is 7.13. The molecule has 1 aromatic rings. The first-order valence-electron chi connectivity index (χ1n) is 3.99. The number of ether oxygens (including phenoxy) is 1. The highest BCUT2D eigenvalue weighted by Gasteiger charge is 2.46. The number of hydrogen-bond acceptors (Lipinski definition) is 3. The van der Waals surface area contributed by atoms with Crippen LogP contribution in [0.4, 0.5) is 4.39 Å². The van der Waals surface area contributed by atoms with E-state index in [9.17, 15) is 9.18 Å². The number of alkyl halides is 1. The van der Waals surface area contributed by atoms with Gasteiger partial charge < -0.3 is 4.74 Å². The Labute approximate surface area is 74.1 Å². The van der Waals surface area contributed by atoms with E-state index in [1.165, 1.54) is 13.2 Å². The van der Waals surface area contributed by atoms with Gasteiger partial charge in [-0.2, -0.15) is 5.10 Å². The average molecular weight is 184 g/mol. The van der Waals surface area contributed by atoms with Gasteiger partial charge in [0.25, 0.3) is 0 Å². The van der Waals surface area contributed by atoms with E-state index in [0.717, 1.165) is 0 Å². The lowest BCUT2D eigenvalue weighted by molar-refractivity contribution is 0.0594. The molecule has 1 aliphatic rings. The number of carbonyl (C=O) groups excluding carboxylic acids is 1. The van der Waals surface area contributed by atoms with E-state index in [2.05, 4.69) is 14.9 Å². The van der Waals surface area contributed by atoms with Crippen LogP contribution in [0.2, 0.25) is 0 Å². The number of esters is 1. The lowest BCUT2D eigenvalue weighted by Gasteiger charge is -1.96. The molecule has 0 spiro atoms. The van der Waals surface area contributed by atoms with Gasteiger partial charge in [-0.1, -0.05) is 0 Å². The molecule has 2 rings (SSSR count). The smallest absolute Gasteiger partial charge is 0.358 e. The molecule has 0 saturated heterocycles. The minimum Gasteiger partial charge on any atom is -0.464 e. The van der Waals surface area contributed by atoms with Crippen LogP contribution in [0.5, 0.6) is 0 Å². The average Bonchev–Trinajstić information content (AvgIpc) is 2.72. The second kappa shape index (κ2) is 2.55. The number of carbonyl (C=O) groups is 1. The minimum atomic E-state index is -1.28. The quantitative estimate of drug-likeness (QED) is 0.701. The molecule has 70 valence electrons. The number of H-pyrrole nitrogens is 1. The number of nitrogens with zero attached hydrogens (tertiary/aromatic N) is 1. The number of nitrogens with one attached hydrogen (secondary N) is 1. The Kier molecular flexibility index (Phi) is 1.61. The Morgan fingerprint density at radius 2 is 2.46 bits per heavy atom. The molecule has 0 aromatic carbocycles. The lowest BCUT2D eigenvalue weighted by atomic mass is 10.2. The summed E-state index contributed by atoms with van der Waals surface area (Å²) in [5.41, 5.74) is -0.784. The summed E-state index contributed by atoms with van der Waals surface area (Å²) in [5.74, 6) is -0.549. The van der Waals surface area contributed by atoms with Crippen molar-refractivity contribution in [2.24, 2.45) is 0 Å². The monoisotopic (exact) mass is 184 g/mol. The third-order valence-corrected chi connectivity index (χ3v) is 2.14. The van der Waals surface area contributed by atoms with E-state index in [4.69, 9.17) is 0 Å². The van der Waals surface area contributed by atoms with Crippen LogP contribution in [0.25, 0.3) is 0 Å². The Morgan fingerprint density at radius 3 is 3.00 bits per heavy atom. The first-order chi connectivity index (χ1) is 6.15. The topological polar surface area (TPSA) is 55.0 Å². The molecule has 1 heterocycles. The van der Waals surface area contributed by atoms with Crippen molar-refractivity contribution in [3.63, 3.8) is 0 Å². The van der Waals surface area contributed by atoms with Gasteiger partial charge in [-0.15, -0.1) is 0 Å². The van der Waals surface area contributed by atoms with E-state index in [1.54, 1.807) is 0 Å². The lowest BCUT2D eigenvalue weighted by Crippen LogP contribution is -2.01. The van der Waals surface area contributed by atoms with Crippen molar-refractivity contribution in [1.29, 1.82) is 0 Å². The summed E-state index contributed by atoms with van der Waals surface area (Å²) in [6.45, 7) is 0. The van der Waals surface area contributed by atoms with Crippen molar-refractivity contribution in [2.45, 2.75) is 18.5 Å². The number of aromatic amines is 1. The van der Waals surface area contributed by atoms with E-state index in [0.29, 0.717) is 18.5 Å². The van der Waals surface area contributed by atoms with Crippen molar-refractivity contribution >= 4 is 5.97 Å². The first-order valence-corrected chi connectivity index (χ1v) is 3.99. The summed E-state index contributed by atoms with van der Waals surface area (Å²) in [7, 11) is 1.26. The van der Waals surface area contributed by atoms with Crippen molar-refractivity contribution in [3.05, 3.63) is 17.5 Å². The van der Waals surface area contributed by atoms with E-state index >= 15 is 0 Å². The maximum atomic E-state index is 13.4. The van der Waals surface area contributed by atoms with E-state index < -0.39 is 11.6 Å². The minimum absolute atomic E-state index is 0.126. The second-order valence-electron chi connectivity index (χ2n) is 3.12. The predicted octanol–water partition coefficient (Wildman–Crippen LogP) is 1.15. The summed E-state index contributed by atoms with van der Waals surface area (Å²) in [4.78, 5) is 10.9. The van der Waals surface area contributed by atoms with Crippen LogP contribution in [0, 0.1) is 0 Å². The second-order valence-corrected chi connectivity index (χ2v) is 3.12. The molecule has 4 nitrogen and oxygen atoms in total. The fraction of sp³-hybridized carbons (Fsp3) is 0.500. The number of methoxy groups -OCH3 is 1. The standard InChI is InChI=1S/C8H9FN2O2/c1-13-7(12)5-4-6(11-10-5)8(9)2-3-8/h4H,2-3H2,1H3,(H,10,11). The molecule has 0 atom stereocenters. The van der Waals surface area contributed by atoms with Crippen LogP contribution in [-0.4, -0.2) is 23.3 Å². The molecule has 0 unspecified atom stereocenters. The third-order valence-electron chi connectivity index (χ3n) is 2.14. The molecule has 13 heavy (non-hydrogen) atoms. The number of aromatic nitrogens is 2. The molecule has 0 radical (unpaired) electrons. The number of rotatable bonds is 2. The Bertz CT molecular complexity index is 344. The Balaban J connectivity index is 2.23. The van der Waals surface area contributed by atoms with Crippen molar-refractivity contribution in [2.75, 3.05) is 7.11 Å². The van der Waals surface area contributed by atoms with Crippen LogP contribution < -0.4 is 0 Å². The van der Waals surface area contributed by atoms with Crippen LogP contribution in [0.1, 0.15) is 29.0 Å². The first kappa shape index (κ1) is 8.22. The summed E-state index contributed by atoms with van der Waals surface area (Å²) in [6, 6.07) is 1.40. The highest BCUT2D eigenvalue weighted by molar-refractivity contribution is 5.87. The molecular weight excluding hydrogens is 175 g/mol. The number of hydrogen-bond donors (Lipinski definition) is 1. The molecule has 1 N–H and O–H groups in total.